The third kappa shape index (κ3) is 7.03. The molecule has 0 aromatic heterocycles. The van der Waals surface area contributed by atoms with Gasteiger partial charge in [-0.1, -0.05) is 60.7 Å². The third-order valence-electron chi connectivity index (χ3n) is 4.43. The van der Waals surface area contributed by atoms with Gasteiger partial charge < -0.3 is 18.9 Å². The monoisotopic (exact) mass is 406 g/mol. The molecule has 0 heterocycles. The fourth-order valence-electron chi connectivity index (χ4n) is 2.82. The van der Waals surface area contributed by atoms with E-state index >= 15 is 0 Å². The Balaban J connectivity index is 1.53. The van der Waals surface area contributed by atoms with Crippen LogP contribution in [0.5, 0.6) is 5.75 Å². The molecule has 156 valence electrons. The minimum absolute atomic E-state index is 0.236. The van der Waals surface area contributed by atoms with Crippen LogP contribution in [0.1, 0.15) is 21.5 Å². The summed E-state index contributed by atoms with van der Waals surface area (Å²) in [5.41, 5.74) is 2.57. The van der Waals surface area contributed by atoms with Crippen LogP contribution in [0.3, 0.4) is 0 Å². The van der Waals surface area contributed by atoms with Crippen LogP contribution in [0.15, 0.2) is 84.9 Å². The molecule has 0 aliphatic carbocycles. The number of ether oxygens (including phenoxy) is 4. The molecule has 0 unspecified atom stereocenters. The van der Waals surface area contributed by atoms with Crippen LogP contribution in [0, 0.1) is 0 Å². The summed E-state index contributed by atoms with van der Waals surface area (Å²) in [5.74, 6) is 0.402. The Morgan fingerprint density at radius 1 is 0.733 bits per heavy atom. The normalized spacial score (nSPS) is 11.6. The lowest BCUT2D eigenvalue weighted by Crippen LogP contribution is -2.28. The summed E-state index contributed by atoms with van der Waals surface area (Å²) in [4.78, 5) is 12.4. The number of methoxy groups -OCH3 is 1. The van der Waals surface area contributed by atoms with Crippen LogP contribution < -0.4 is 4.74 Å². The highest BCUT2D eigenvalue weighted by Gasteiger charge is 2.17. The van der Waals surface area contributed by atoms with Gasteiger partial charge in [0.15, 0.2) is 0 Å². The number of esters is 1. The lowest BCUT2D eigenvalue weighted by molar-refractivity contribution is -0.0462. The second-order valence-electron chi connectivity index (χ2n) is 6.76. The summed E-state index contributed by atoms with van der Waals surface area (Å²) >= 11 is 0. The molecule has 3 rings (SSSR count). The highest BCUT2D eigenvalue weighted by atomic mass is 16.6. The van der Waals surface area contributed by atoms with Crippen LogP contribution in [0.25, 0.3) is 0 Å². The second-order valence-corrected chi connectivity index (χ2v) is 6.76. The summed E-state index contributed by atoms with van der Waals surface area (Å²) in [5, 5.41) is 0. The molecule has 0 bridgehead atoms. The first-order chi connectivity index (χ1) is 14.7. The van der Waals surface area contributed by atoms with Crippen molar-refractivity contribution >= 4 is 5.97 Å². The van der Waals surface area contributed by atoms with Crippen LogP contribution in [0.2, 0.25) is 0 Å². The van der Waals surface area contributed by atoms with Gasteiger partial charge in [-0.25, -0.2) is 4.79 Å². The Morgan fingerprint density at radius 2 is 1.27 bits per heavy atom. The van der Waals surface area contributed by atoms with Crippen LogP contribution in [-0.2, 0) is 27.4 Å². The first-order valence-electron chi connectivity index (χ1n) is 9.83. The molecule has 0 spiro atoms. The minimum Gasteiger partial charge on any atom is -0.497 e. The van der Waals surface area contributed by atoms with E-state index in [2.05, 4.69) is 0 Å². The maximum atomic E-state index is 12.4. The van der Waals surface area contributed by atoms with Crippen molar-refractivity contribution in [3.8, 4) is 5.75 Å². The SMILES string of the molecule is COc1ccc(COC[C@H](COCc2ccccc2)OC(=O)c2ccccc2)cc1. The van der Waals surface area contributed by atoms with Gasteiger partial charge >= 0.3 is 5.97 Å². The molecule has 0 aliphatic heterocycles. The van der Waals surface area contributed by atoms with Gasteiger partial charge in [0.1, 0.15) is 11.9 Å². The molecule has 0 amide bonds. The van der Waals surface area contributed by atoms with E-state index in [1.165, 1.54) is 0 Å². The molecule has 0 saturated carbocycles. The van der Waals surface area contributed by atoms with Crippen molar-refractivity contribution in [1.82, 2.24) is 0 Å². The largest absolute Gasteiger partial charge is 0.497 e. The van der Waals surface area contributed by atoms with Gasteiger partial charge in [0.25, 0.3) is 0 Å². The van der Waals surface area contributed by atoms with Crippen LogP contribution >= 0.6 is 0 Å². The average molecular weight is 406 g/mol. The summed E-state index contributed by atoms with van der Waals surface area (Å²) in [6.45, 7) is 1.33. The molecule has 0 saturated heterocycles. The summed E-state index contributed by atoms with van der Waals surface area (Å²) in [7, 11) is 1.63. The highest BCUT2D eigenvalue weighted by molar-refractivity contribution is 5.89. The zero-order valence-electron chi connectivity index (χ0n) is 17.0. The number of rotatable bonds is 11. The fraction of sp³-hybridized carbons (Fsp3) is 0.240. The van der Waals surface area contributed by atoms with Crippen molar-refractivity contribution in [3.63, 3.8) is 0 Å². The van der Waals surface area contributed by atoms with Gasteiger partial charge in [0.2, 0.25) is 0 Å². The van der Waals surface area contributed by atoms with Gasteiger partial charge in [-0.15, -0.1) is 0 Å². The molecule has 0 fully saturated rings. The number of hydrogen-bond donors (Lipinski definition) is 0. The standard InChI is InChI=1S/C25H26O5/c1-27-23-14-12-21(13-15-23)17-29-19-24(18-28-16-20-8-4-2-5-9-20)30-25(26)22-10-6-3-7-11-22/h2-15,24H,16-19H2,1H3/t24-/m0/s1. The van der Waals surface area contributed by atoms with Crippen molar-refractivity contribution in [2.24, 2.45) is 0 Å². The van der Waals surface area contributed by atoms with E-state index in [1.807, 2.05) is 60.7 Å². The number of hydrogen-bond acceptors (Lipinski definition) is 5. The van der Waals surface area contributed by atoms with E-state index in [9.17, 15) is 4.79 Å². The van der Waals surface area contributed by atoms with E-state index < -0.39 is 12.1 Å². The predicted molar refractivity (Wildman–Crippen MR) is 114 cm³/mol. The van der Waals surface area contributed by atoms with Gasteiger partial charge in [0, 0.05) is 0 Å². The minimum atomic E-state index is -0.514. The molecule has 3 aromatic carbocycles. The van der Waals surface area contributed by atoms with Crippen molar-refractivity contribution in [2.45, 2.75) is 19.3 Å². The Labute approximate surface area is 177 Å². The first-order valence-corrected chi connectivity index (χ1v) is 9.83. The quantitative estimate of drug-likeness (QED) is 0.434. The molecular formula is C25H26O5. The van der Waals surface area contributed by atoms with Crippen LogP contribution in [0.4, 0.5) is 0 Å². The van der Waals surface area contributed by atoms with Crippen molar-refractivity contribution in [2.75, 3.05) is 20.3 Å². The zero-order valence-corrected chi connectivity index (χ0v) is 17.0. The van der Waals surface area contributed by atoms with Crippen molar-refractivity contribution < 1.29 is 23.7 Å². The average Bonchev–Trinajstić information content (AvgIpc) is 2.80. The molecule has 5 nitrogen and oxygen atoms in total. The molecule has 30 heavy (non-hydrogen) atoms. The molecular weight excluding hydrogens is 380 g/mol. The smallest absolute Gasteiger partial charge is 0.338 e. The number of carbonyl (C=O) groups excluding carboxylic acids is 1. The van der Waals surface area contributed by atoms with E-state index in [4.69, 9.17) is 18.9 Å². The molecule has 5 heteroatoms. The number of carbonyl (C=O) groups is 1. The van der Waals surface area contributed by atoms with Crippen molar-refractivity contribution in [1.29, 1.82) is 0 Å². The lowest BCUT2D eigenvalue weighted by atomic mass is 10.2. The lowest BCUT2D eigenvalue weighted by Gasteiger charge is -2.18. The topological polar surface area (TPSA) is 54.0 Å². The molecule has 0 N–H and O–H groups in total. The predicted octanol–water partition coefficient (Wildman–Crippen LogP) is 4.65. The van der Waals surface area contributed by atoms with Crippen LogP contribution in [-0.4, -0.2) is 32.4 Å². The van der Waals surface area contributed by atoms with E-state index in [1.54, 1.807) is 31.4 Å². The first kappa shape index (κ1) is 21.6. The maximum absolute atomic E-state index is 12.4. The Bertz CT molecular complexity index is 878. The van der Waals surface area contributed by atoms with Gasteiger partial charge in [-0.3, -0.25) is 0 Å². The van der Waals surface area contributed by atoms with Gasteiger partial charge in [0.05, 0.1) is 39.1 Å². The summed E-state index contributed by atoms with van der Waals surface area (Å²) in [6.07, 6.45) is -0.514. The fourth-order valence-corrected chi connectivity index (χ4v) is 2.82. The molecule has 0 aliphatic rings. The van der Waals surface area contributed by atoms with Crippen molar-refractivity contribution in [3.05, 3.63) is 102 Å². The highest BCUT2D eigenvalue weighted by Crippen LogP contribution is 2.13. The third-order valence-corrected chi connectivity index (χ3v) is 4.43. The Hall–Kier alpha value is -3.15. The summed E-state index contributed by atoms with van der Waals surface area (Å²) in [6, 6.07) is 26.4. The van der Waals surface area contributed by atoms with E-state index in [0.717, 1.165) is 16.9 Å². The molecule has 3 aromatic rings. The summed E-state index contributed by atoms with van der Waals surface area (Å²) < 4.78 is 22.4. The second kappa shape index (κ2) is 11.8. The Morgan fingerprint density at radius 3 is 1.83 bits per heavy atom. The Kier molecular flexibility index (Phi) is 8.45. The maximum Gasteiger partial charge on any atom is 0.338 e. The molecule has 0 radical (unpaired) electrons. The zero-order chi connectivity index (χ0) is 21.0. The number of benzene rings is 3. The molecule has 1 atom stereocenters. The van der Waals surface area contributed by atoms with E-state index in [-0.39, 0.29) is 13.2 Å². The van der Waals surface area contributed by atoms with Gasteiger partial charge in [-0.05, 0) is 35.4 Å². The van der Waals surface area contributed by atoms with Gasteiger partial charge in [-0.2, -0.15) is 0 Å². The van der Waals surface area contributed by atoms with E-state index in [0.29, 0.717) is 18.8 Å².